The second kappa shape index (κ2) is 8.20. The zero-order valence-electron chi connectivity index (χ0n) is 16.7. The molecule has 7 heteroatoms. The van der Waals surface area contributed by atoms with Crippen LogP contribution in [-0.2, 0) is 0 Å². The molecule has 0 unspecified atom stereocenters. The SMILES string of the molecule is CN1C[C@H]2CN(C(=O)c3ccc(-n4cccn4)cc3)C[C@H]2[C@@H]1c1cccc(F)c1.Cl. The number of benzene rings is 2. The molecule has 0 spiro atoms. The van der Waals surface area contributed by atoms with E-state index in [1.165, 1.54) is 6.07 Å². The summed E-state index contributed by atoms with van der Waals surface area (Å²) in [5.74, 6) is 0.601. The van der Waals surface area contributed by atoms with Crippen LogP contribution >= 0.6 is 12.4 Å². The zero-order valence-corrected chi connectivity index (χ0v) is 17.5. The number of likely N-dealkylation sites (tertiary alicyclic amines) is 2. The number of fused-ring (bicyclic) bond motifs is 1. The van der Waals surface area contributed by atoms with E-state index in [4.69, 9.17) is 0 Å². The Labute approximate surface area is 181 Å². The van der Waals surface area contributed by atoms with Gasteiger partial charge >= 0.3 is 0 Å². The summed E-state index contributed by atoms with van der Waals surface area (Å²) in [6, 6.07) is 16.4. The Morgan fingerprint density at radius 2 is 1.87 bits per heavy atom. The van der Waals surface area contributed by atoms with E-state index in [-0.39, 0.29) is 30.2 Å². The normalized spacial score (nSPS) is 23.3. The van der Waals surface area contributed by atoms with Gasteiger partial charge in [0.1, 0.15) is 5.82 Å². The molecule has 30 heavy (non-hydrogen) atoms. The molecule has 0 aliphatic carbocycles. The number of rotatable bonds is 3. The van der Waals surface area contributed by atoms with E-state index in [0.717, 1.165) is 24.3 Å². The van der Waals surface area contributed by atoms with Crippen molar-refractivity contribution in [2.24, 2.45) is 11.8 Å². The van der Waals surface area contributed by atoms with Gasteiger partial charge in [0, 0.05) is 49.6 Å². The molecule has 1 amide bonds. The summed E-state index contributed by atoms with van der Waals surface area (Å²) in [7, 11) is 2.09. The van der Waals surface area contributed by atoms with Crippen molar-refractivity contribution < 1.29 is 9.18 Å². The van der Waals surface area contributed by atoms with E-state index in [1.54, 1.807) is 23.0 Å². The molecule has 1 aromatic heterocycles. The molecule has 2 saturated heterocycles. The van der Waals surface area contributed by atoms with Crippen LogP contribution in [0.25, 0.3) is 5.69 Å². The molecule has 0 saturated carbocycles. The van der Waals surface area contributed by atoms with Gasteiger partial charge in [-0.25, -0.2) is 9.07 Å². The van der Waals surface area contributed by atoms with Gasteiger partial charge in [-0.2, -0.15) is 5.10 Å². The Morgan fingerprint density at radius 1 is 1.07 bits per heavy atom. The van der Waals surface area contributed by atoms with Crippen LogP contribution in [0, 0.1) is 17.7 Å². The molecule has 3 atom stereocenters. The third-order valence-electron chi connectivity index (χ3n) is 6.26. The van der Waals surface area contributed by atoms with Crippen LogP contribution in [0.4, 0.5) is 4.39 Å². The topological polar surface area (TPSA) is 41.4 Å². The predicted octanol–water partition coefficient (Wildman–Crippen LogP) is 3.81. The van der Waals surface area contributed by atoms with E-state index < -0.39 is 0 Å². The van der Waals surface area contributed by atoms with Gasteiger partial charge in [-0.05, 0) is 61.0 Å². The van der Waals surface area contributed by atoms with E-state index in [9.17, 15) is 9.18 Å². The Kier molecular flexibility index (Phi) is 5.62. The van der Waals surface area contributed by atoms with Gasteiger partial charge in [-0.1, -0.05) is 12.1 Å². The van der Waals surface area contributed by atoms with Crippen LogP contribution in [0.15, 0.2) is 67.0 Å². The second-order valence-corrected chi connectivity index (χ2v) is 8.07. The van der Waals surface area contributed by atoms with Crippen LogP contribution < -0.4 is 0 Å². The average molecular weight is 427 g/mol. The summed E-state index contributed by atoms with van der Waals surface area (Å²) in [6.45, 7) is 2.38. The van der Waals surface area contributed by atoms with Crippen molar-refractivity contribution >= 4 is 18.3 Å². The maximum atomic E-state index is 13.8. The molecule has 0 bridgehead atoms. The Hall–Kier alpha value is -2.70. The number of hydrogen-bond donors (Lipinski definition) is 0. The fourth-order valence-corrected chi connectivity index (χ4v) is 4.98. The highest BCUT2D eigenvalue weighted by atomic mass is 35.5. The van der Waals surface area contributed by atoms with Crippen molar-refractivity contribution in [2.45, 2.75) is 6.04 Å². The van der Waals surface area contributed by atoms with Gasteiger partial charge in [-0.15, -0.1) is 12.4 Å². The molecule has 5 nitrogen and oxygen atoms in total. The van der Waals surface area contributed by atoms with Crippen molar-refractivity contribution in [3.8, 4) is 5.69 Å². The molecule has 3 heterocycles. The summed E-state index contributed by atoms with van der Waals surface area (Å²) in [5, 5.41) is 4.22. The third kappa shape index (κ3) is 3.61. The molecule has 156 valence electrons. The lowest BCUT2D eigenvalue weighted by atomic mass is 9.89. The van der Waals surface area contributed by atoms with E-state index >= 15 is 0 Å². The molecule has 2 aliphatic rings. The quantitative estimate of drug-likeness (QED) is 0.639. The van der Waals surface area contributed by atoms with Gasteiger partial charge in [0.25, 0.3) is 5.91 Å². The number of amides is 1. The van der Waals surface area contributed by atoms with Crippen LogP contribution in [0.3, 0.4) is 0 Å². The monoisotopic (exact) mass is 426 g/mol. The minimum atomic E-state index is -0.206. The molecule has 0 radical (unpaired) electrons. The number of carbonyl (C=O) groups excluding carboxylic acids is 1. The van der Waals surface area contributed by atoms with Crippen LogP contribution in [0.5, 0.6) is 0 Å². The van der Waals surface area contributed by atoms with Crippen LogP contribution in [0.2, 0.25) is 0 Å². The molecule has 5 rings (SSSR count). The largest absolute Gasteiger partial charge is 0.338 e. The minimum absolute atomic E-state index is 0. The Balaban J connectivity index is 0.00000218. The second-order valence-electron chi connectivity index (χ2n) is 8.07. The Morgan fingerprint density at radius 3 is 2.57 bits per heavy atom. The predicted molar refractivity (Wildman–Crippen MR) is 115 cm³/mol. The minimum Gasteiger partial charge on any atom is -0.338 e. The van der Waals surface area contributed by atoms with Gasteiger partial charge in [0.15, 0.2) is 0 Å². The van der Waals surface area contributed by atoms with Crippen LogP contribution in [-0.4, -0.2) is 52.2 Å². The third-order valence-corrected chi connectivity index (χ3v) is 6.26. The van der Waals surface area contributed by atoms with Gasteiger partial charge in [0.05, 0.1) is 5.69 Å². The summed E-state index contributed by atoms with van der Waals surface area (Å²) in [6.07, 6.45) is 3.61. The maximum Gasteiger partial charge on any atom is 0.253 e. The van der Waals surface area contributed by atoms with Gasteiger partial charge in [-0.3, -0.25) is 9.69 Å². The lowest BCUT2D eigenvalue weighted by Crippen LogP contribution is -2.33. The molecule has 2 fully saturated rings. The highest BCUT2D eigenvalue weighted by Crippen LogP contribution is 2.44. The first-order valence-corrected chi connectivity index (χ1v) is 9.95. The molecule has 3 aromatic rings. The van der Waals surface area contributed by atoms with E-state index in [0.29, 0.717) is 23.9 Å². The van der Waals surface area contributed by atoms with Gasteiger partial charge < -0.3 is 4.90 Å². The molecular weight excluding hydrogens is 403 g/mol. The zero-order chi connectivity index (χ0) is 20.0. The number of hydrogen-bond acceptors (Lipinski definition) is 3. The summed E-state index contributed by atoms with van der Waals surface area (Å²) in [4.78, 5) is 17.3. The fraction of sp³-hybridized carbons (Fsp3) is 0.304. The van der Waals surface area contributed by atoms with Crippen molar-refractivity contribution in [1.82, 2.24) is 19.6 Å². The van der Waals surface area contributed by atoms with Crippen molar-refractivity contribution in [2.75, 3.05) is 26.7 Å². The van der Waals surface area contributed by atoms with E-state index in [2.05, 4.69) is 17.0 Å². The lowest BCUT2D eigenvalue weighted by Gasteiger charge is -2.27. The molecule has 2 aromatic carbocycles. The molecular formula is C23H24ClFN4O. The van der Waals surface area contributed by atoms with Crippen molar-refractivity contribution in [3.63, 3.8) is 0 Å². The summed E-state index contributed by atoms with van der Waals surface area (Å²) >= 11 is 0. The number of aromatic nitrogens is 2. The average Bonchev–Trinajstić information content (AvgIpc) is 3.44. The fourth-order valence-electron chi connectivity index (χ4n) is 4.98. The highest BCUT2D eigenvalue weighted by molar-refractivity contribution is 5.94. The lowest BCUT2D eigenvalue weighted by molar-refractivity contribution is 0.0768. The highest BCUT2D eigenvalue weighted by Gasteiger charge is 2.47. The maximum absolute atomic E-state index is 13.8. The molecule has 2 aliphatic heterocycles. The summed E-state index contributed by atoms with van der Waals surface area (Å²) in [5.41, 5.74) is 2.62. The standard InChI is InChI=1S/C23H23FN4O.ClH/c1-26-13-18-14-27(15-21(18)22(26)17-4-2-5-19(24)12-17)23(29)16-6-8-20(9-7-16)28-11-3-10-25-28;/h2-12,18,21-22H,13-15H2,1H3;1H/t18-,21+,22-;/m0./s1. The van der Waals surface area contributed by atoms with E-state index in [1.807, 2.05) is 47.5 Å². The van der Waals surface area contributed by atoms with Gasteiger partial charge in [0.2, 0.25) is 0 Å². The number of nitrogens with zero attached hydrogens (tertiary/aromatic N) is 4. The summed E-state index contributed by atoms with van der Waals surface area (Å²) < 4.78 is 15.5. The first-order valence-electron chi connectivity index (χ1n) is 9.95. The Bertz CT molecular complexity index is 1020. The first-order chi connectivity index (χ1) is 14.1. The number of carbonyl (C=O) groups is 1. The number of halogens is 2. The first kappa shape index (κ1) is 20.6. The smallest absolute Gasteiger partial charge is 0.253 e. The molecule has 0 N–H and O–H groups in total. The van der Waals surface area contributed by atoms with Crippen LogP contribution in [0.1, 0.15) is 22.0 Å². The van der Waals surface area contributed by atoms with Crippen molar-refractivity contribution in [3.05, 3.63) is 83.9 Å². The van der Waals surface area contributed by atoms with Crippen molar-refractivity contribution in [1.29, 1.82) is 0 Å².